The zero-order valence-electron chi connectivity index (χ0n) is 12.2. The first kappa shape index (κ1) is 15.2. The van der Waals surface area contributed by atoms with Gasteiger partial charge in [0.25, 0.3) is 0 Å². The molecule has 0 unspecified atom stereocenters. The maximum absolute atomic E-state index is 11.0. The monoisotopic (exact) mass is 327 g/mol. The molecule has 0 radical (unpaired) electrons. The Bertz CT molecular complexity index is 845. The Balaban J connectivity index is 1.74. The van der Waals surface area contributed by atoms with Crippen LogP contribution in [0.3, 0.4) is 0 Å². The first-order chi connectivity index (χ1) is 11.1. The second kappa shape index (κ2) is 6.62. The zero-order chi connectivity index (χ0) is 16.2. The highest BCUT2D eigenvalue weighted by Crippen LogP contribution is 2.18. The van der Waals surface area contributed by atoms with Crippen molar-refractivity contribution in [3.05, 3.63) is 71.3 Å². The van der Waals surface area contributed by atoms with E-state index in [4.69, 9.17) is 16.7 Å². The van der Waals surface area contributed by atoms with Gasteiger partial charge in [-0.15, -0.1) is 0 Å². The summed E-state index contributed by atoms with van der Waals surface area (Å²) in [5.74, 6) is -0.980. The number of aryl methyl sites for hydroxylation is 2. The standard InChI is InChI=1S/C17H14ClN3O2/c18-14-4-2-1-3-12(14)6-8-21-10-16(20-11-21)15-9-13(17(22)23)5-7-19-15/h1-5,7,9-11H,6,8H2,(H,22,23). The number of imidazole rings is 1. The van der Waals surface area contributed by atoms with E-state index in [1.54, 1.807) is 6.33 Å². The number of aromatic carboxylic acids is 1. The Labute approximate surface area is 138 Å². The van der Waals surface area contributed by atoms with Gasteiger partial charge in [0.15, 0.2) is 0 Å². The summed E-state index contributed by atoms with van der Waals surface area (Å²) in [6, 6.07) is 10.7. The van der Waals surface area contributed by atoms with Crippen molar-refractivity contribution in [1.29, 1.82) is 0 Å². The number of hydrogen-bond donors (Lipinski definition) is 1. The van der Waals surface area contributed by atoms with Gasteiger partial charge < -0.3 is 9.67 Å². The van der Waals surface area contributed by atoms with Crippen molar-refractivity contribution < 1.29 is 9.90 Å². The minimum Gasteiger partial charge on any atom is -0.478 e. The van der Waals surface area contributed by atoms with Gasteiger partial charge in [-0.25, -0.2) is 9.78 Å². The second-order valence-electron chi connectivity index (χ2n) is 5.07. The van der Waals surface area contributed by atoms with E-state index in [1.807, 2.05) is 35.0 Å². The molecule has 0 atom stereocenters. The maximum atomic E-state index is 11.0. The number of rotatable bonds is 5. The van der Waals surface area contributed by atoms with Crippen LogP contribution in [0.1, 0.15) is 15.9 Å². The lowest BCUT2D eigenvalue weighted by Crippen LogP contribution is -1.99. The van der Waals surface area contributed by atoms with Crippen molar-refractivity contribution >= 4 is 17.6 Å². The third kappa shape index (κ3) is 3.57. The van der Waals surface area contributed by atoms with E-state index in [-0.39, 0.29) is 5.56 Å². The molecule has 3 aromatic rings. The number of carboxylic acid groups (broad SMARTS) is 1. The van der Waals surface area contributed by atoms with Gasteiger partial charge in [0.1, 0.15) is 5.69 Å². The molecule has 0 saturated heterocycles. The van der Waals surface area contributed by atoms with Crippen molar-refractivity contribution in [3.8, 4) is 11.4 Å². The molecule has 0 aliphatic rings. The molecule has 0 fully saturated rings. The molecular formula is C17H14ClN3O2. The van der Waals surface area contributed by atoms with E-state index in [0.29, 0.717) is 11.4 Å². The summed E-state index contributed by atoms with van der Waals surface area (Å²) in [5.41, 5.74) is 2.46. The number of aromatic nitrogens is 3. The summed E-state index contributed by atoms with van der Waals surface area (Å²) < 4.78 is 1.94. The van der Waals surface area contributed by atoms with Gasteiger partial charge in [0.05, 0.1) is 17.6 Å². The SMILES string of the molecule is O=C(O)c1ccnc(-c2cn(CCc3ccccc3Cl)cn2)c1. The highest BCUT2D eigenvalue weighted by molar-refractivity contribution is 6.31. The van der Waals surface area contributed by atoms with E-state index in [9.17, 15) is 4.79 Å². The Morgan fingerprint density at radius 1 is 1.17 bits per heavy atom. The molecule has 0 aliphatic carbocycles. The van der Waals surface area contributed by atoms with Gasteiger partial charge in [-0.2, -0.15) is 0 Å². The minimum atomic E-state index is -0.980. The number of carboxylic acids is 1. The highest BCUT2D eigenvalue weighted by atomic mass is 35.5. The van der Waals surface area contributed by atoms with Crippen LogP contribution in [0, 0.1) is 0 Å². The van der Waals surface area contributed by atoms with Crippen LogP contribution in [0.4, 0.5) is 0 Å². The first-order valence-corrected chi connectivity index (χ1v) is 7.46. The van der Waals surface area contributed by atoms with Crippen LogP contribution in [0.15, 0.2) is 55.1 Å². The van der Waals surface area contributed by atoms with Gasteiger partial charge in [-0.3, -0.25) is 4.98 Å². The highest BCUT2D eigenvalue weighted by Gasteiger charge is 2.08. The van der Waals surface area contributed by atoms with Gasteiger partial charge in [0, 0.05) is 24.0 Å². The maximum Gasteiger partial charge on any atom is 0.335 e. The van der Waals surface area contributed by atoms with Crippen LogP contribution in [0.5, 0.6) is 0 Å². The fourth-order valence-electron chi connectivity index (χ4n) is 2.27. The molecule has 1 N–H and O–H groups in total. The first-order valence-electron chi connectivity index (χ1n) is 7.08. The summed E-state index contributed by atoms with van der Waals surface area (Å²) >= 11 is 6.15. The topological polar surface area (TPSA) is 68.0 Å². The number of halogens is 1. The Morgan fingerprint density at radius 3 is 2.78 bits per heavy atom. The van der Waals surface area contributed by atoms with Crippen LogP contribution in [0.2, 0.25) is 5.02 Å². The van der Waals surface area contributed by atoms with Crippen LogP contribution in [-0.4, -0.2) is 25.6 Å². The summed E-state index contributed by atoms with van der Waals surface area (Å²) in [6.45, 7) is 0.732. The molecule has 23 heavy (non-hydrogen) atoms. The number of hydrogen-bond acceptors (Lipinski definition) is 3. The van der Waals surface area contributed by atoms with E-state index < -0.39 is 5.97 Å². The number of pyridine rings is 1. The molecule has 0 bridgehead atoms. The average molecular weight is 328 g/mol. The second-order valence-corrected chi connectivity index (χ2v) is 5.48. The molecule has 0 amide bonds. The summed E-state index contributed by atoms with van der Waals surface area (Å²) in [6.07, 6.45) is 5.83. The summed E-state index contributed by atoms with van der Waals surface area (Å²) in [5, 5.41) is 9.79. The molecule has 2 heterocycles. The third-order valence-corrected chi connectivity index (χ3v) is 3.87. The lowest BCUT2D eigenvalue weighted by atomic mass is 10.1. The predicted octanol–water partition coefficient (Wildman–Crippen LogP) is 3.54. The molecular weight excluding hydrogens is 314 g/mol. The van der Waals surface area contributed by atoms with E-state index in [1.165, 1.54) is 18.3 Å². The normalized spacial score (nSPS) is 10.7. The van der Waals surface area contributed by atoms with Crippen molar-refractivity contribution in [2.24, 2.45) is 0 Å². The number of carbonyl (C=O) groups is 1. The fraction of sp³-hybridized carbons (Fsp3) is 0.118. The fourth-order valence-corrected chi connectivity index (χ4v) is 2.50. The predicted molar refractivity (Wildman–Crippen MR) is 87.6 cm³/mol. The third-order valence-electron chi connectivity index (χ3n) is 3.50. The molecule has 0 aliphatic heterocycles. The largest absolute Gasteiger partial charge is 0.478 e. The van der Waals surface area contributed by atoms with Crippen LogP contribution < -0.4 is 0 Å². The molecule has 6 heteroatoms. The van der Waals surface area contributed by atoms with Crippen molar-refractivity contribution in [2.45, 2.75) is 13.0 Å². The number of nitrogens with zero attached hydrogens (tertiary/aromatic N) is 3. The molecule has 0 saturated carbocycles. The van der Waals surface area contributed by atoms with E-state index in [0.717, 1.165) is 23.6 Å². The average Bonchev–Trinajstić information content (AvgIpc) is 3.03. The lowest BCUT2D eigenvalue weighted by Gasteiger charge is -2.04. The molecule has 3 rings (SSSR count). The van der Waals surface area contributed by atoms with Gasteiger partial charge >= 0.3 is 5.97 Å². The van der Waals surface area contributed by atoms with Crippen LogP contribution in [-0.2, 0) is 13.0 Å². The minimum absolute atomic E-state index is 0.195. The Kier molecular flexibility index (Phi) is 4.39. The smallest absolute Gasteiger partial charge is 0.335 e. The van der Waals surface area contributed by atoms with Crippen molar-refractivity contribution in [2.75, 3.05) is 0 Å². The molecule has 1 aromatic carbocycles. The van der Waals surface area contributed by atoms with Gasteiger partial charge in [0.2, 0.25) is 0 Å². The van der Waals surface area contributed by atoms with Gasteiger partial charge in [-0.1, -0.05) is 29.8 Å². The van der Waals surface area contributed by atoms with E-state index >= 15 is 0 Å². The van der Waals surface area contributed by atoms with Crippen LogP contribution in [0.25, 0.3) is 11.4 Å². The molecule has 2 aromatic heterocycles. The Hall–Kier alpha value is -2.66. The lowest BCUT2D eigenvalue weighted by molar-refractivity contribution is 0.0697. The van der Waals surface area contributed by atoms with Crippen molar-refractivity contribution in [3.63, 3.8) is 0 Å². The van der Waals surface area contributed by atoms with Gasteiger partial charge in [-0.05, 0) is 30.2 Å². The Morgan fingerprint density at radius 2 is 2.00 bits per heavy atom. The number of benzene rings is 1. The summed E-state index contributed by atoms with van der Waals surface area (Å²) in [4.78, 5) is 19.5. The molecule has 116 valence electrons. The summed E-state index contributed by atoms with van der Waals surface area (Å²) in [7, 11) is 0. The molecule has 5 nitrogen and oxygen atoms in total. The molecule has 0 spiro atoms. The van der Waals surface area contributed by atoms with Crippen molar-refractivity contribution in [1.82, 2.24) is 14.5 Å². The van der Waals surface area contributed by atoms with E-state index in [2.05, 4.69) is 9.97 Å². The quantitative estimate of drug-likeness (QED) is 0.778. The van der Waals surface area contributed by atoms with Crippen LogP contribution >= 0.6 is 11.6 Å². The zero-order valence-corrected chi connectivity index (χ0v) is 12.9.